The molecule has 3 rings (SSSR count). The average molecular weight is 315 g/mol. The van der Waals surface area contributed by atoms with E-state index in [2.05, 4.69) is 54.4 Å². The van der Waals surface area contributed by atoms with E-state index in [1.165, 1.54) is 57.3 Å². The molecule has 0 aromatic heterocycles. The number of piperidine rings is 1. The molecule has 23 heavy (non-hydrogen) atoms. The second-order valence-electron chi connectivity index (χ2n) is 8.17. The summed E-state index contributed by atoms with van der Waals surface area (Å²) in [5, 5.41) is 3.84. The van der Waals surface area contributed by atoms with Gasteiger partial charge in [-0.2, -0.15) is 0 Å². The van der Waals surface area contributed by atoms with Gasteiger partial charge in [0.2, 0.25) is 0 Å². The van der Waals surface area contributed by atoms with Crippen molar-refractivity contribution in [1.29, 1.82) is 0 Å². The molecule has 0 radical (unpaired) electrons. The molecule has 1 aliphatic heterocycles. The fourth-order valence-corrected chi connectivity index (χ4v) is 4.43. The van der Waals surface area contributed by atoms with Gasteiger partial charge in [0, 0.05) is 32.2 Å². The van der Waals surface area contributed by atoms with Gasteiger partial charge in [0.1, 0.15) is 0 Å². The summed E-state index contributed by atoms with van der Waals surface area (Å²) in [4.78, 5) is 2.77. The van der Waals surface area contributed by atoms with Crippen molar-refractivity contribution >= 4 is 0 Å². The van der Waals surface area contributed by atoms with Crippen LogP contribution in [0.4, 0.5) is 0 Å². The third-order valence-corrected chi connectivity index (χ3v) is 5.93. The Hall–Kier alpha value is -0.860. The minimum absolute atomic E-state index is 0.651. The first-order chi connectivity index (χ1) is 11.2. The lowest BCUT2D eigenvalue weighted by Crippen LogP contribution is -2.51. The van der Waals surface area contributed by atoms with Crippen LogP contribution in [0.25, 0.3) is 0 Å². The molecular formula is C21H34N2. The molecule has 1 aromatic carbocycles. The molecule has 2 aliphatic rings. The highest BCUT2D eigenvalue weighted by molar-refractivity contribution is 5.14. The van der Waals surface area contributed by atoms with Gasteiger partial charge in [-0.25, -0.2) is 0 Å². The third-order valence-electron chi connectivity index (χ3n) is 5.93. The van der Waals surface area contributed by atoms with Gasteiger partial charge < -0.3 is 10.2 Å². The quantitative estimate of drug-likeness (QED) is 0.841. The van der Waals surface area contributed by atoms with Crippen molar-refractivity contribution in [3.05, 3.63) is 35.9 Å². The summed E-state index contributed by atoms with van der Waals surface area (Å²) in [5.74, 6) is 2.61. The number of nitrogens with zero attached hydrogens (tertiary/aromatic N) is 1. The second kappa shape index (κ2) is 8.30. The van der Waals surface area contributed by atoms with Crippen molar-refractivity contribution in [2.75, 3.05) is 19.6 Å². The Balaban J connectivity index is 1.55. The number of hydrogen-bond donors (Lipinski definition) is 1. The van der Waals surface area contributed by atoms with E-state index in [1.54, 1.807) is 0 Å². The van der Waals surface area contributed by atoms with Crippen LogP contribution in [0.2, 0.25) is 0 Å². The van der Waals surface area contributed by atoms with Gasteiger partial charge in [0.05, 0.1) is 0 Å². The third kappa shape index (κ3) is 5.06. The van der Waals surface area contributed by atoms with Crippen LogP contribution in [0.5, 0.6) is 0 Å². The van der Waals surface area contributed by atoms with Gasteiger partial charge in [-0.1, -0.05) is 57.0 Å². The van der Waals surface area contributed by atoms with Crippen LogP contribution in [0.15, 0.2) is 30.3 Å². The Morgan fingerprint density at radius 2 is 1.83 bits per heavy atom. The van der Waals surface area contributed by atoms with Crippen LogP contribution in [-0.2, 0) is 6.54 Å². The van der Waals surface area contributed by atoms with Gasteiger partial charge in [-0.05, 0) is 42.6 Å². The minimum Gasteiger partial charge on any atom is -0.309 e. The van der Waals surface area contributed by atoms with Crippen molar-refractivity contribution in [3.8, 4) is 0 Å². The van der Waals surface area contributed by atoms with Crippen LogP contribution >= 0.6 is 0 Å². The van der Waals surface area contributed by atoms with Crippen molar-refractivity contribution in [1.82, 2.24) is 10.2 Å². The van der Waals surface area contributed by atoms with Crippen molar-refractivity contribution in [2.24, 2.45) is 17.8 Å². The standard InChI is InChI=1S/C21H34N2/c1-17(2)20-12-21(22-13-18-8-4-3-5-9-18)16-23(15-20)14-19-10-6-7-11-19/h3-5,8-9,17,19-22H,6-7,10-16H2,1-2H3. The zero-order chi connectivity index (χ0) is 16.1. The zero-order valence-electron chi connectivity index (χ0n) is 15.0. The lowest BCUT2D eigenvalue weighted by atomic mass is 9.85. The molecule has 2 atom stereocenters. The van der Waals surface area contributed by atoms with Gasteiger partial charge in [0.15, 0.2) is 0 Å². The number of benzene rings is 1. The van der Waals surface area contributed by atoms with Crippen LogP contribution in [0, 0.1) is 17.8 Å². The molecule has 2 unspecified atom stereocenters. The molecule has 0 spiro atoms. The molecular weight excluding hydrogens is 280 g/mol. The molecule has 1 heterocycles. The monoisotopic (exact) mass is 314 g/mol. The van der Waals surface area contributed by atoms with E-state index in [0.717, 1.165) is 24.3 Å². The van der Waals surface area contributed by atoms with Gasteiger partial charge in [-0.15, -0.1) is 0 Å². The highest BCUT2D eigenvalue weighted by atomic mass is 15.2. The van der Waals surface area contributed by atoms with Crippen LogP contribution < -0.4 is 5.32 Å². The van der Waals surface area contributed by atoms with Gasteiger partial charge in [0.25, 0.3) is 0 Å². The van der Waals surface area contributed by atoms with E-state index in [9.17, 15) is 0 Å². The Morgan fingerprint density at radius 1 is 1.09 bits per heavy atom. The Morgan fingerprint density at radius 3 is 2.52 bits per heavy atom. The summed E-state index contributed by atoms with van der Waals surface area (Å²) in [6.07, 6.45) is 7.19. The Bertz CT molecular complexity index is 448. The van der Waals surface area contributed by atoms with Crippen LogP contribution in [-0.4, -0.2) is 30.6 Å². The predicted molar refractivity (Wildman–Crippen MR) is 98.4 cm³/mol. The van der Waals surface area contributed by atoms with Gasteiger partial charge >= 0.3 is 0 Å². The first-order valence-electron chi connectivity index (χ1n) is 9.70. The number of likely N-dealkylation sites (tertiary alicyclic amines) is 1. The highest BCUT2D eigenvalue weighted by Gasteiger charge is 2.30. The fraction of sp³-hybridized carbons (Fsp3) is 0.714. The molecule has 2 fully saturated rings. The van der Waals surface area contributed by atoms with E-state index in [4.69, 9.17) is 0 Å². The number of rotatable bonds is 6. The fourth-order valence-electron chi connectivity index (χ4n) is 4.43. The van der Waals surface area contributed by atoms with Crippen molar-refractivity contribution in [2.45, 2.75) is 58.5 Å². The molecule has 1 saturated carbocycles. The first-order valence-corrected chi connectivity index (χ1v) is 9.70. The maximum atomic E-state index is 3.84. The normalized spacial score (nSPS) is 26.9. The molecule has 1 N–H and O–H groups in total. The van der Waals surface area contributed by atoms with E-state index in [1.807, 2.05) is 0 Å². The molecule has 1 aliphatic carbocycles. The Labute approximate surface area is 142 Å². The molecule has 2 heteroatoms. The minimum atomic E-state index is 0.651. The molecule has 0 amide bonds. The molecule has 2 nitrogen and oxygen atoms in total. The summed E-state index contributed by atoms with van der Waals surface area (Å²) in [7, 11) is 0. The molecule has 1 saturated heterocycles. The number of nitrogens with one attached hydrogen (secondary N) is 1. The van der Waals surface area contributed by atoms with Crippen molar-refractivity contribution in [3.63, 3.8) is 0 Å². The number of hydrogen-bond acceptors (Lipinski definition) is 2. The first kappa shape index (κ1) is 17.0. The smallest absolute Gasteiger partial charge is 0.0208 e. The van der Waals surface area contributed by atoms with E-state index in [-0.39, 0.29) is 0 Å². The lowest BCUT2D eigenvalue weighted by molar-refractivity contribution is 0.101. The van der Waals surface area contributed by atoms with Crippen LogP contribution in [0.1, 0.15) is 51.5 Å². The largest absolute Gasteiger partial charge is 0.309 e. The Kier molecular flexibility index (Phi) is 6.13. The van der Waals surface area contributed by atoms with Crippen molar-refractivity contribution < 1.29 is 0 Å². The molecule has 128 valence electrons. The maximum absolute atomic E-state index is 3.84. The van der Waals surface area contributed by atoms with Gasteiger partial charge in [-0.3, -0.25) is 0 Å². The van der Waals surface area contributed by atoms with E-state index in [0.29, 0.717) is 6.04 Å². The average Bonchev–Trinajstić information content (AvgIpc) is 3.06. The van der Waals surface area contributed by atoms with E-state index >= 15 is 0 Å². The summed E-state index contributed by atoms with van der Waals surface area (Å²) >= 11 is 0. The SMILES string of the molecule is CC(C)C1CC(NCc2ccccc2)CN(CC2CCCC2)C1. The van der Waals surface area contributed by atoms with Crippen LogP contribution in [0.3, 0.4) is 0 Å². The summed E-state index contributed by atoms with van der Waals surface area (Å²) < 4.78 is 0. The summed E-state index contributed by atoms with van der Waals surface area (Å²) in [6, 6.07) is 11.5. The predicted octanol–water partition coefficient (Wildman–Crippen LogP) is 4.31. The molecule has 0 bridgehead atoms. The zero-order valence-corrected chi connectivity index (χ0v) is 15.0. The topological polar surface area (TPSA) is 15.3 Å². The lowest BCUT2D eigenvalue weighted by Gasteiger charge is -2.41. The highest BCUT2D eigenvalue weighted by Crippen LogP contribution is 2.29. The summed E-state index contributed by atoms with van der Waals surface area (Å²) in [5.41, 5.74) is 1.40. The maximum Gasteiger partial charge on any atom is 0.0208 e. The second-order valence-corrected chi connectivity index (χ2v) is 8.17. The summed E-state index contributed by atoms with van der Waals surface area (Å²) in [6.45, 7) is 9.71. The van der Waals surface area contributed by atoms with E-state index < -0.39 is 0 Å². The molecule has 1 aromatic rings.